The molecule has 0 aliphatic rings. The zero-order valence-corrected chi connectivity index (χ0v) is 12.9. The number of nitrogens with two attached hydrogens (primary N) is 1. The fourth-order valence-electron chi connectivity index (χ4n) is 2.28. The van der Waals surface area contributed by atoms with Crippen LogP contribution in [-0.4, -0.2) is 31.0 Å². The van der Waals surface area contributed by atoms with Crippen molar-refractivity contribution in [2.45, 2.75) is 13.0 Å². The maximum atomic E-state index is 12.8. The summed E-state index contributed by atoms with van der Waals surface area (Å²) < 4.78 is 5.19. The first-order valence-corrected chi connectivity index (χ1v) is 7.42. The van der Waals surface area contributed by atoms with Crippen LogP contribution in [0.5, 0.6) is 5.75 Å². The van der Waals surface area contributed by atoms with E-state index >= 15 is 0 Å². The van der Waals surface area contributed by atoms with E-state index in [2.05, 4.69) is 0 Å². The van der Waals surface area contributed by atoms with Crippen molar-refractivity contribution in [1.29, 1.82) is 0 Å². The largest absolute Gasteiger partial charge is 0.497 e. The second-order valence-electron chi connectivity index (χ2n) is 5.09. The molecular formula is C18H22N2O2. The summed E-state index contributed by atoms with van der Waals surface area (Å²) in [6.07, 6.45) is 0.780. The molecule has 0 saturated heterocycles. The Bertz CT molecular complexity index is 599. The fraction of sp³-hybridized carbons (Fsp3) is 0.278. The van der Waals surface area contributed by atoms with Crippen LogP contribution >= 0.6 is 0 Å². The maximum Gasteiger partial charge on any atom is 0.254 e. The fourth-order valence-corrected chi connectivity index (χ4v) is 2.28. The van der Waals surface area contributed by atoms with Crippen LogP contribution in [0.25, 0.3) is 0 Å². The molecule has 2 aromatic carbocycles. The topological polar surface area (TPSA) is 55.6 Å². The van der Waals surface area contributed by atoms with E-state index in [0.717, 1.165) is 12.0 Å². The minimum absolute atomic E-state index is 0.00352. The van der Waals surface area contributed by atoms with Crippen molar-refractivity contribution in [2.24, 2.45) is 5.73 Å². The molecule has 0 aliphatic heterocycles. The van der Waals surface area contributed by atoms with Crippen molar-refractivity contribution in [3.05, 3.63) is 65.7 Å². The van der Waals surface area contributed by atoms with Crippen LogP contribution in [0.3, 0.4) is 0 Å². The lowest BCUT2D eigenvalue weighted by Gasteiger charge is -2.23. The Morgan fingerprint density at radius 1 is 1.14 bits per heavy atom. The number of rotatable bonds is 7. The summed E-state index contributed by atoms with van der Waals surface area (Å²) in [6, 6.07) is 17.2. The lowest BCUT2D eigenvalue weighted by Crippen LogP contribution is -2.32. The molecule has 0 radical (unpaired) electrons. The monoisotopic (exact) mass is 298 g/mol. The molecule has 0 unspecified atom stereocenters. The third-order valence-corrected chi connectivity index (χ3v) is 3.45. The van der Waals surface area contributed by atoms with Crippen LogP contribution in [0, 0.1) is 0 Å². The van der Waals surface area contributed by atoms with Gasteiger partial charge in [-0.15, -0.1) is 0 Å². The van der Waals surface area contributed by atoms with Gasteiger partial charge in [0.25, 0.3) is 5.91 Å². The van der Waals surface area contributed by atoms with Crippen LogP contribution in [0.2, 0.25) is 0 Å². The van der Waals surface area contributed by atoms with Gasteiger partial charge >= 0.3 is 0 Å². The molecule has 1 amide bonds. The SMILES string of the molecule is COc1cccc(C(=O)N(CCCN)Cc2ccccc2)c1. The third kappa shape index (κ3) is 4.33. The van der Waals surface area contributed by atoms with Crippen LogP contribution in [0.15, 0.2) is 54.6 Å². The van der Waals surface area contributed by atoms with Gasteiger partial charge in [0, 0.05) is 18.7 Å². The van der Waals surface area contributed by atoms with E-state index in [1.165, 1.54) is 0 Å². The number of hydrogen-bond acceptors (Lipinski definition) is 3. The lowest BCUT2D eigenvalue weighted by molar-refractivity contribution is 0.0742. The van der Waals surface area contributed by atoms with Crippen molar-refractivity contribution < 1.29 is 9.53 Å². The molecule has 2 aromatic rings. The van der Waals surface area contributed by atoms with E-state index in [9.17, 15) is 4.79 Å². The van der Waals surface area contributed by atoms with E-state index in [4.69, 9.17) is 10.5 Å². The van der Waals surface area contributed by atoms with Crippen molar-refractivity contribution in [2.75, 3.05) is 20.2 Å². The van der Waals surface area contributed by atoms with E-state index in [0.29, 0.717) is 30.9 Å². The Kier molecular flexibility index (Phi) is 5.98. The summed E-state index contributed by atoms with van der Waals surface area (Å²) in [5.74, 6) is 0.681. The quantitative estimate of drug-likeness (QED) is 0.855. The number of carbonyl (C=O) groups excluding carboxylic acids is 1. The molecule has 0 atom stereocenters. The molecule has 0 aliphatic carbocycles. The summed E-state index contributed by atoms with van der Waals surface area (Å²) >= 11 is 0. The molecule has 0 bridgehead atoms. The normalized spacial score (nSPS) is 10.3. The highest BCUT2D eigenvalue weighted by molar-refractivity contribution is 5.94. The minimum atomic E-state index is -0.00352. The van der Waals surface area contributed by atoms with Gasteiger partial charge in [-0.25, -0.2) is 0 Å². The summed E-state index contributed by atoms with van der Waals surface area (Å²) in [4.78, 5) is 14.6. The molecule has 22 heavy (non-hydrogen) atoms. The van der Waals surface area contributed by atoms with Gasteiger partial charge in [0.05, 0.1) is 7.11 Å². The molecule has 0 saturated carbocycles. The van der Waals surface area contributed by atoms with Crippen LogP contribution in [0.4, 0.5) is 0 Å². The average Bonchev–Trinajstić information content (AvgIpc) is 2.59. The molecule has 116 valence electrons. The predicted octanol–water partition coefficient (Wildman–Crippen LogP) is 2.69. The van der Waals surface area contributed by atoms with Crippen LogP contribution < -0.4 is 10.5 Å². The average molecular weight is 298 g/mol. The summed E-state index contributed by atoms with van der Waals surface area (Å²) in [5, 5.41) is 0. The molecule has 0 fully saturated rings. The highest BCUT2D eigenvalue weighted by Crippen LogP contribution is 2.16. The zero-order chi connectivity index (χ0) is 15.8. The van der Waals surface area contributed by atoms with Gasteiger partial charge in [-0.3, -0.25) is 4.79 Å². The van der Waals surface area contributed by atoms with Crippen molar-refractivity contribution in [3.63, 3.8) is 0 Å². The Labute approximate surface area is 131 Å². The highest BCUT2D eigenvalue weighted by Gasteiger charge is 2.16. The van der Waals surface area contributed by atoms with Gasteiger partial charge in [0.15, 0.2) is 0 Å². The Balaban J connectivity index is 2.18. The Morgan fingerprint density at radius 3 is 2.59 bits per heavy atom. The number of carbonyl (C=O) groups is 1. The molecule has 4 heteroatoms. The first-order chi connectivity index (χ1) is 10.7. The Morgan fingerprint density at radius 2 is 1.91 bits per heavy atom. The number of methoxy groups -OCH3 is 1. The zero-order valence-electron chi connectivity index (χ0n) is 12.9. The number of nitrogens with zero attached hydrogens (tertiary/aromatic N) is 1. The molecule has 0 spiro atoms. The second kappa shape index (κ2) is 8.20. The van der Waals surface area contributed by atoms with Crippen LogP contribution in [-0.2, 0) is 6.54 Å². The predicted molar refractivity (Wildman–Crippen MR) is 87.8 cm³/mol. The van der Waals surface area contributed by atoms with Gasteiger partial charge in [-0.2, -0.15) is 0 Å². The van der Waals surface area contributed by atoms with Gasteiger partial charge < -0.3 is 15.4 Å². The minimum Gasteiger partial charge on any atom is -0.497 e. The highest BCUT2D eigenvalue weighted by atomic mass is 16.5. The van der Waals surface area contributed by atoms with Crippen molar-refractivity contribution in [3.8, 4) is 5.75 Å². The van der Waals surface area contributed by atoms with Gasteiger partial charge in [0.1, 0.15) is 5.75 Å². The van der Waals surface area contributed by atoms with E-state index in [1.54, 1.807) is 13.2 Å². The van der Waals surface area contributed by atoms with E-state index < -0.39 is 0 Å². The second-order valence-corrected chi connectivity index (χ2v) is 5.09. The molecule has 4 nitrogen and oxygen atoms in total. The van der Waals surface area contributed by atoms with Gasteiger partial charge in [-0.1, -0.05) is 36.4 Å². The van der Waals surface area contributed by atoms with Gasteiger partial charge in [-0.05, 0) is 36.7 Å². The van der Waals surface area contributed by atoms with Gasteiger partial charge in [0.2, 0.25) is 0 Å². The van der Waals surface area contributed by atoms with Crippen molar-refractivity contribution >= 4 is 5.91 Å². The van der Waals surface area contributed by atoms with E-state index in [-0.39, 0.29) is 5.91 Å². The number of benzene rings is 2. The third-order valence-electron chi connectivity index (χ3n) is 3.45. The first kappa shape index (κ1) is 16.0. The number of ether oxygens (including phenoxy) is 1. The standard InChI is InChI=1S/C18H22N2O2/c1-22-17-10-5-9-16(13-17)18(21)20(12-6-11-19)14-15-7-3-2-4-8-15/h2-5,7-10,13H,6,11-12,14,19H2,1H3. The summed E-state index contributed by atoms with van der Waals surface area (Å²) in [7, 11) is 1.60. The smallest absolute Gasteiger partial charge is 0.254 e. The molecule has 2 N–H and O–H groups in total. The molecule has 0 heterocycles. The molecular weight excluding hydrogens is 276 g/mol. The van der Waals surface area contributed by atoms with Crippen molar-refractivity contribution in [1.82, 2.24) is 4.90 Å². The first-order valence-electron chi connectivity index (χ1n) is 7.42. The van der Waals surface area contributed by atoms with Crippen LogP contribution in [0.1, 0.15) is 22.3 Å². The maximum absolute atomic E-state index is 12.8. The molecule has 2 rings (SSSR count). The number of hydrogen-bond donors (Lipinski definition) is 1. The molecule has 0 aromatic heterocycles. The van der Waals surface area contributed by atoms with E-state index in [1.807, 2.05) is 53.4 Å². The Hall–Kier alpha value is -2.33. The summed E-state index contributed by atoms with van der Waals surface area (Å²) in [6.45, 7) is 1.79. The number of amides is 1. The summed E-state index contributed by atoms with van der Waals surface area (Å²) in [5.41, 5.74) is 7.34. The lowest BCUT2D eigenvalue weighted by atomic mass is 10.1.